The van der Waals surface area contributed by atoms with E-state index in [0.717, 1.165) is 30.1 Å². The number of rotatable bonds is 14. The molecule has 0 saturated carbocycles. The van der Waals surface area contributed by atoms with Gasteiger partial charge in [-0.3, -0.25) is 15.2 Å². The molecule has 0 radical (unpaired) electrons. The molecule has 260 valence electrons. The summed E-state index contributed by atoms with van der Waals surface area (Å²) in [6, 6.07) is 17.8. The predicted octanol–water partition coefficient (Wildman–Crippen LogP) is 6.23. The quantitative estimate of drug-likeness (QED) is 0.151. The molecule has 1 fully saturated rings. The molecule has 13 heteroatoms. The van der Waals surface area contributed by atoms with Gasteiger partial charge in [0.15, 0.2) is 11.5 Å². The zero-order valence-electron chi connectivity index (χ0n) is 27.9. The van der Waals surface area contributed by atoms with Gasteiger partial charge in [-0.05, 0) is 55.1 Å². The average molecular weight is 728 g/mol. The van der Waals surface area contributed by atoms with Crippen molar-refractivity contribution in [3.05, 3.63) is 110 Å². The van der Waals surface area contributed by atoms with Crippen LogP contribution in [-0.4, -0.2) is 87.3 Å². The number of ether oxygens (including phenoxy) is 4. The number of aromatic nitrogens is 1. The van der Waals surface area contributed by atoms with E-state index in [2.05, 4.69) is 34.2 Å². The van der Waals surface area contributed by atoms with Crippen molar-refractivity contribution in [2.24, 2.45) is 0 Å². The smallest absolute Gasteiger partial charge is 0.348 e. The zero-order chi connectivity index (χ0) is 34.9. The van der Waals surface area contributed by atoms with E-state index in [1.165, 1.54) is 30.8 Å². The molecule has 1 aliphatic rings. The molecule has 1 unspecified atom stereocenters. The Morgan fingerprint density at radius 1 is 0.959 bits per heavy atom. The van der Waals surface area contributed by atoms with Gasteiger partial charge >= 0.3 is 11.9 Å². The van der Waals surface area contributed by atoms with E-state index in [1.54, 1.807) is 31.4 Å². The number of halogens is 2. The monoisotopic (exact) mass is 726 g/mol. The van der Waals surface area contributed by atoms with Crippen molar-refractivity contribution in [2.75, 3.05) is 54.6 Å². The van der Waals surface area contributed by atoms with Crippen LogP contribution in [0.15, 0.2) is 73.1 Å². The molecular formula is C36H40Cl2N4O6S. The second-order valence-corrected chi connectivity index (χ2v) is 13.8. The minimum Gasteiger partial charge on any atom is -0.493 e. The van der Waals surface area contributed by atoms with Crippen molar-refractivity contribution < 1.29 is 28.5 Å². The number of benzene rings is 2. The molecule has 0 amide bonds. The number of nitrogens with zero attached hydrogens (tertiary/aromatic N) is 3. The minimum atomic E-state index is -0.756. The first-order valence-electron chi connectivity index (χ1n) is 15.8. The van der Waals surface area contributed by atoms with E-state index in [4.69, 9.17) is 42.1 Å². The van der Waals surface area contributed by atoms with Gasteiger partial charge in [-0.15, -0.1) is 11.3 Å². The lowest BCUT2D eigenvalue weighted by atomic mass is 10.0. The normalized spacial score (nSPS) is 16.5. The molecular weight excluding hydrogens is 687 g/mol. The topological polar surface area (TPSA) is 102 Å². The highest BCUT2D eigenvalue weighted by Gasteiger charge is 2.28. The lowest BCUT2D eigenvalue weighted by molar-refractivity contribution is -0.148. The number of carbonyl (C=O) groups excluding carboxylic acids is 2. The van der Waals surface area contributed by atoms with Crippen LogP contribution < -0.4 is 14.8 Å². The molecule has 4 aromatic rings. The fourth-order valence-corrected chi connectivity index (χ4v) is 6.96. The minimum absolute atomic E-state index is 0.124. The Morgan fingerprint density at radius 2 is 1.69 bits per heavy atom. The molecule has 1 N–H and O–H groups in total. The standard InChI is InChI=1S/C36H40Cl2N4O6S/c1-41-14-15-42(2)25(21-41)22-47-36(44)34(23-8-6-5-7-9-23)40-18-26-11-13-33(49-26)35(43)48-31(17-27-28(37)19-39-20-29(27)38)24-10-12-30(45-3)32(16-24)46-4/h5-13,16,19-20,25,31,34,40H,14-15,17-18,21-22H2,1-4H3/t25-,31-,34?/m0/s1. The molecule has 3 atom stereocenters. The molecule has 1 aliphatic heterocycles. The van der Waals surface area contributed by atoms with Crippen molar-refractivity contribution in [3.63, 3.8) is 0 Å². The molecule has 2 aromatic carbocycles. The van der Waals surface area contributed by atoms with Gasteiger partial charge in [0.05, 0.1) is 30.3 Å². The van der Waals surface area contributed by atoms with E-state index in [0.29, 0.717) is 50.7 Å². The van der Waals surface area contributed by atoms with Gasteiger partial charge in [-0.1, -0.05) is 59.6 Å². The van der Waals surface area contributed by atoms with Gasteiger partial charge in [-0.2, -0.15) is 0 Å². The third kappa shape index (κ3) is 9.50. The van der Waals surface area contributed by atoms with E-state index in [-0.39, 0.29) is 18.4 Å². The number of pyridine rings is 1. The maximum absolute atomic E-state index is 13.6. The second-order valence-electron chi connectivity index (χ2n) is 11.8. The molecule has 0 spiro atoms. The first-order chi connectivity index (χ1) is 23.7. The number of methoxy groups -OCH3 is 2. The van der Waals surface area contributed by atoms with Gasteiger partial charge in [0.1, 0.15) is 23.6 Å². The number of esters is 2. The summed E-state index contributed by atoms with van der Waals surface area (Å²) in [6.07, 6.45) is 2.45. The summed E-state index contributed by atoms with van der Waals surface area (Å²) in [6.45, 7) is 3.37. The van der Waals surface area contributed by atoms with E-state index >= 15 is 0 Å². The predicted molar refractivity (Wildman–Crippen MR) is 191 cm³/mol. The van der Waals surface area contributed by atoms with Crippen LogP contribution in [0.3, 0.4) is 0 Å². The Morgan fingerprint density at radius 3 is 2.41 bits per heavy atom. The highest BCUT2D eigenvalue weighted by Crippen LogP contribution is 2.36. The van der Waals surface area contributed by atoms with Crippen LogP contribution in [0.25, 0.3) is 0 Å². The number of piperazine rings is 1. The summed E-state index contributed by atoms with van der Waals surface area (Å²) in [5.41, 5.74) is 2.07. The Hall–Kier alpha value is -3.71. The Bertz CT molecular complexity index is 1700. The number of nitrogens with one attached hydrogen (secondary N) is 1. The van der Waals surface area contributed by atoms with Crippen LogP contribution in [0.4, 0.5) is 0 Å². The Labute approximate surface area is 300 Å². The number of hydrogen-bond acceptors (Lipinski definition) is 11. The number of carbonyl (C=O) groups is 2. The third-order valence-electron chi connectivity index (χ3n) is 8.48. The molecule has 2 aromatic heterocycles. The molecule has 3 heterocycles. The highest BCUT2D eigenvalue weighted by molar-refractivity contribution is 7.13. The molecule has 49 heavy (non-hydrogen) atoms. The van der Waals surface area contributed by atoms with Crippen molar-refractivity contribution in [2.45, 2.75) is 31.2 Å². The summed E-state index contributed by atoms with van der Waals surface area (Å²) in [7, 11) is 7.21. The van der Waals surface area contributed by atoms with Crippen molar-refractivity contribution in [1.29, 1.82) is 0 Å². The molecule has 0 aliphatic carbocycles. The summed E-state index contributed by atoms with van der Waals surface area (Å²) >= 11 is 14.2. The van der Waals surface area contributed by atoms with E-state index in [1.807, 2.05) is 36.4 Å². The molecule has 1 saturated heterocycles. The fourth-order valence-electron chi connectivity index (χ4n) is 5.60. The first-order valence-corrected chi connectivity index (χ1v) is 17.4. The highest BCUT2D eigenvalue weighted by atomic mass is 35.5. The van der Waals surface area contributed by atoms with Crippen molar-refractivity contribution in [3.8, 4) is 11.5 Å². The van der Waals surface area contributed by atoms with Gasteiger partial charge in [0.2, 0.25) is 0 Å². The van der Waals surface area contributed by atoms with Crippen LogP contribution in [0.2, 0.25) is 10.0 Å². The van der Waals surface area contributed by atoms with Crippen molar-refractivity contribution in [1.82, 2.24) is 20.1 Å². The van der Waals surface area contributed by atoms with Crippen LogP contribution in [0, 0.1) is 0 Å². The van der Waals surface area contributed by atoms with Crippen LogP contribution in [0.1, 0.15) is 43.4 Å². The lowest BCUT2D eigenvalue weighted by Gasteiger charge is -2.37. The summed E-state index contributed by atoms with van der Waals surface area (Å²) in [4.78, 5) is 36.8. The molecule has 0 bridgehead atoms. The number of hydrogen-bond donors (Lipinski definition) is 1. The van der Waals surface area contributed by atoms with Gasteiger partial charge in [0, 0.05) is 49.9 Å². The van der Waals surface area contributed by atoms with Gasteiger partial charge in [-0.25, -0.2) is 9.59 Å². The number of thiophene rings is 1. The van der Waals surface area contributed by atoms with Crippen LogP contribution in [0.5, 0.6) is 11.5 Å². The summed E-state index contributed by atoms with van der Waals surface area (Å²) in [5.74, 6) is 0.161. The summed E-state index contributed by atoms with van der Waals surface area (Å²) < 4.78 is 22.8. The first kappa shape index (κ1) is 36.6. The van der Waals surface area contributed by atoms with E-state index in [9.17, 15) is 9.59 Å². The van der Waals surface area contributed by atoms with Crippen LogP contribution in [-0.2, 0) is 27.2 Å². The number of likely N-dealkylation sites (N-methyl/N-ethyl adjacent to an activating group) is 2. The Kier molecular flexibility index (Phi) is 12.9. The maximum Gasteiger partial charge on any atom is 0.348 e. The second kappa shape index (κ2) is 17.3. The van der Waals surface area contributed by atoms with Gasteiger partial charge in [0.25, 0.3) is 0 Å². The summed E-state index contributed by atoms with van der Waals surface area (Å²) in [5, 5.41) is 4.07. The lowest BCUT2D eigenvalue weighted by Crippen LogP contribution is -2.52. The largest absolute Gasteiger partial charge is 0.493 e. The van der Waals surface area contributed by atoms with Gasteiger partial charge < -0.3 is 23.8 Å². The molecule has 5 rings (SSSR count). The zero-order valence-corrected chi connectivity index (χ0v) is 30.2. The molecule has 10 nitrogen and oxygen atoms in total. The van der Waals surface area contributed by atoms with Crippen molar-refractivity contribution >= 4 is 46.5 Å². The van der Waals surface area contributed by atoms with E-state index < -0.39 is 18.1 Å². The SMILES string of the molecule is COc1ccc([C@H](Cc2c(Cl)cncc2Cl)OC(=O)c2ccc(CNC(C(=O)OC[C@@H]3CN(C)CCN3C)c3ccccc3)s2)cc1OC. The third-order valence-corrected chi connectivity index (χ3v) is 10.2. The average Bonchev–Trinajstić information content (AvgIpc) is 3.59. The fraction of sp³-hybridized carbons (Fsp3) is 0.361. The maximum atomic E-state index is 13.6. The van der Waals surface area contributed by atoms with Crippen LogP contribution >= 0.6 is 34.5 Å². The Balaban J connectivity index is 1.29.